The number of hydrogen-bond acceptors (Lipinski definition) is 3. The normalized spacial score (nSPS) is 10.9. The van der Waals surface area contributed by atoms with Crippen LogP contribution in [0.2, 0.25) is 0 Å². The first kappa shape index (κ1) is 16.7. The summed E-state index contributed by atoms with van der Waals surface area (Å²) in [6.45, 7) is 1.55. The Morgan fingerprint density at radius 2 is 1.59 bits per heavy atom. The minimum absolute atomic E-state index is 0.0228. The van der Waals surface area contributed by atoms with Gasteiger partial charge in [-0.3, -0.25) is 14.0 Å². The third-order valence-corrected chi connectivity index (χ3v) is 4.55. The molecule has 0 unspecified atom stereocenters. The topological polar surface area (TPSA) is 77.5 Å². The number of nitrogens with zero attached hydrogens (tertiary/aromatic N) is 2. The monoisotopic (exact) mass is 355 g/mol. The second-order valence-corrected chi connectivity index (χ2v) is 6.37. The molecule has 27 heavy (non-hydrogen) atoms. The van der Waals surface area contributed by atoms with E-state index in [1.807, 2.05) is 53.1 Å². The van der Waals surface area contributed by atoms with Gasteiger partial charge in [-0.2, -0.15) is 0 Å². The van der Waals surface area contributed by atoms with Crippen LogP contribution in [0.4, 0.5) is 0 Å². The summed E-state index contributed by atoms with van der Waals surface area (Å²) in [5, 5.41) is 0. The Balaban J connectivity index is 1.85. The highest BCUT2D eigenvalue weighted by Crippen LogP contribution is 2.26. The van der Waals surface area contributed by atoms with Crippen molar-refractivity contribution < 1.29 is 9.59 Å². The van der Waals surface area contributed by atoms with Crippen molar-refractivity contribution in [3.05, 3.63) is 84.2 Å². The Hall–Kier alpha value is -3.73. The van der Waals surface area contributed by atoms with Crippen LogP contribution < -0.4 is 5.73 Å². The number of nitrogens with two attached hydrogens (primary N) is 1. The first-order valence-electron chi connectivity index (χ1n) is 8.51. The van der Waals surface area contributed by atoms with Crippen LogP contribution in [0, 0.1) is 0 Å². The maximum absolute atomic E-state index is 11.7. The molecule has 0 spiro atoms. The minimum Gasteiger partial charge on any atom is -0.366 e. The van der Waals surface area contributed by atoms with E-state index < -0.39 is 5.91 Å². The van der Waals surface area contributed by atoms with Crippen molar-refractivity contribution >= 4 is 17.3 Å². The highest BCUT2D eigenvalue weighted by Gasteiger charge is 2.10. The van der Waals surface area contributed by atoms with Crippen LogP contribution >= 0.6 is 0 Å². The number of ketones is 1. The Morgan fingerprint density at radius 1 is 0.889 bits per heavy atom. The van der Waals surface area contributed by atoms with Gasteiger partial charge in [-0.15, -0.1) is 0 Å². The molecule has 0 aliphatic heterocycles. The zero-order chi connectivity index (χ0) is 19.0. The smallest absolute Gasteiger partial charge is 0.248 e. The van der Waals surface area contributed by atoms with E-state index in [0.717, 1.165) is 28.0 Å². The number of carbonyl (C=O) groups is 2. The number of carbonyl (C=O) groups excluding carboxylic acids is 2. The van der Waals surface area contributed by atoms with Gasteiger partial charge in [-0.1, -0.05) is 30.3 Å². The lowest BCUT2D eigenvalue weighted by Gasteiger charge is -2.07. The molecule has 4 aromatic rings. The molecule has 5 nitrogen and oxygen atoms in total. The van der Waals surface area contributed by atoms with E-state index in [0.29, 0.717) is 11.1 Å². The molecule has 0 atom stereocenters. The van der Waals surface area contributed by atoms with Crippen LogP contribution in [0.3, 0.4) is 0 Å². The van der Waals surface area contributed by atoms with E-state index in [4.69, 9.17) is 5.73 Å². The largest absolute Gasteiger partial charge is 0.366 e. The molecule has 1 amide bonds. The van der Waals surface area contributed by atoms with Gasteiger partial charge in [0.2, 0.25) is 5.91 Å². The van der Waals surface area contributed by atoms with Gasteiger partial charge in [0.15, 0.2) is 5.78 Å². The van der Waals surface area contributed by atoms with Crippen LogP contribution in [0.25, 0.3) is 28.0 Å². The summed E-state index contributed by atoms with van der Waals surface area (Å²) in [5.41, 5.74) is 11.0. The van der Waals surface area contributed by atoms with Gasteiger partial charge >= 0.3 is 0 Å². The van der Waals surface area contributed by atoms with Crippen molar-refractivity contribution in [1.29, 1.82) is 0 Å². The lowest BCUT2D eigenvalue weighted by atomic mass is 10.0. The summed E-state index contributed by atoms with van der Waals surface area (Å²) in [6, 6.07) is 18.6. The zero-order valence-corrected chi connectivity index (χ0v) is 14.7. The number of imidazole rings is 1. The third-order valence-electron chi connectivity index (χ3n) is 4.55. The second-order valence-electron chi connectivity index (χ2n) is 6.37. The Morgan fingerprint density at radius 3 is 2.33 bits per heavy atom. The number of primary amides is 1. The molecule has 4 rings (SSSR count). The summed E-state index contributed by atoms with van der Waals surface area (Å²) in [7, 11) is 0. The third kappa shape index (κ3) is 3.11. The van der Waals surface area contributed by atoms with Gasteiger partial charge in [0.25, 0.3) is 0 Å². The predicted octanol–water partition coefficient (Wildman–Crippen LogP) is 3.97. The average molecular weight is 355 g/mol. The molecule has 2 aromatic heterocycles. The van der Waals surface area contributed by atoms with Crippen LogP contribution in [-0.2, 0) is 0 Å². The Kier molecular flexibility index (Phi) is 4.05. The van der Waals surface area contributed by atoms with Crippen molar-refractivity contribution in [2.45, 2.75) is 6.92 Å². The summed E-state index contributed by atoms with van der Waals surface area (Å²) >= 11 is 0. The van der Waals surface area contributed by atoms with Gasteiger partial charge in [0.1, 0.15) is 5.65 Å². The molecule has 0 aliphatic carbocycles. The zero-order valence-electron chi connectivity index (χ0n) is 14.7. The number of pyridine rings is 1. The van der Waals surface area contributed by atoms with Crippen LogP contribution in [0.5, 0.6) is 0 Å². The molecule has 2 aromatic carbocycles. The van der Waals surface area contributed by atoms with Crippen molar-refractivity contribution in [2.75, 3.05) is 0 Å². The number of benzene rings is 2. The minimum atomic E-state index is -0.456. The molecule has 0 radical (unpaired) electrons. The number of rotatable bonds is 4. The first-order chi connectivity index (χ1) is 13.0. The molecule has 5 heteroatoms. The average Bonchev–Trinajstić information content (AvgIpc) is 3.11. The van der Waals surface area contributed by atoms with Crippen LogP contribution in [0.15, 0.2) is 73.1 Å². The number of aromatic nitrogens is 2. The second kappa shape index (κ2) is 6.53. The standard InChI is InChI=1S/C22H17N3O2/c1-14(26)15-4-2-6-17(10-15)20-12-24-21-9-8-19(13-25(20)21)16-5-3-7-18(11-16)22(23)27/h2-13H,1H3,(H2,23,27). The van der Waals surface area contributed by atoms with Crippen molar-refractivity contribution in [3.8, 4) is 22.4 Å². The Labute approximate surface area is 156 Å². The van der Waals surface area contributed by atoms with Gasteiger partial charge in [-0.25, -0.2) is 4.98 Å². The lowest BCUT2D eigenvalue weighted by Crippen LogP contribution is -2.10. The van der Waals surface area contributed by atoms with Crippen LogP contribution in [0.1, 0.15) is 27.6 Å². The van der Waals surface area contributed by atoms with Crippen molar-refractivity contribution in [1.82, 2.24) is 9.38 Å². The molecule has 0 aliphatic rings. The summed E-state index contributed by atoms with van der Waals surface area (Å²) in [5.74, 6) is -0.433. The first-order valence-corrected chi connectivity index (χ1v) is 8.51. The molecule has 2 heterocycles. The maximum atomic E-state index is 11.7. The molecule has 0 saturated heterocycles. The fraction of sp³-hybridized carbons (Fsp3) is 0.0455. The Bertz CT molecular complexity index is 1190. The number of hydrogen-bond donors (Lipinski definition) is 1. The molecule has 0 fully saturated rings. The molecule has 0 bridgehead atoms. The molecule has 132 valence electrons. The quantitative estimate of drug-likeness (QED) is 0.563. The summed E-state index contributed by atoms with van der Waals surface area (Å²) in [6.07, 6.45) is 3.76. The highest BCUT2D eigenvalue weighted by atomic mass is 16.1. The van der Waals surface area contributed by atoms with Gasteiger partial charge in [0, 0.05) is 22.9 Å². The molecular weight excluding hydrogens is 338 g/mol. The molecule has 0 saturated carbocycles. The van der Waals surface area contributed by atoms with E-state index in [1.54, 1.807) is 31.3 Å². The van der Waals surface area contributed by atoms with E-state index in [2.05, 4.69) is 4.98 Å². The number of amides is 1. The SMILES string of the molecule is CC(=O)c1cccc(-c2cnc3ccc(-c4cccc(C(N)=O)c4)cn23)c1. The predicted molar refractivity (Wildman–Crippen MR) is 105 cm³/mol. The number of Topliss-reactive ketones (excluding diaryl/α,β-unsaturated/α-hetero) is 1. The van der Waals surface area contributed by atoms with E-state index in [9.17, 15) is 9.59 Å². The summed E-state index contributed by atoms with van der Waals surface area (Å²) in [4.78, 5) is 27.6. The summed E-state index contributed by atoms with van der Waals surface area (Å²) < 4.78 is 1.98. The van der Waals surface area contributed by atoms with Crippen molar-refractivity contribution in [2.24, 2.45) is 5.73 Å². The van der Waals surface area contributed by atoms with E-state index in [-0.39, 0.29) is 5.78 Å². The van der Waals surface area contributed by atoms with Crippen LogP contribution in [-0.4, -0.2) is 21.1 Å². The maximum Gasteiger partial charge on any atom is 0.248 e. The fourth-order valence-corrected chi connectivity index (χ4v) is 3.11. The molecule has 2 N–H and O–H groups in total. The lowest BCUT2D eigenvalue weighted by molar-refractivity contribution is 0.0996. The number of fused-ring (bicyclic) bond motifs is 1. The molecular formula is C22H17N3O2. The van der Waals surface area contributed by atoms with Gasteiger partial charge in [-0.05, 0) is 48.4 Å². The van der Waals surface area contributed by atoms with E-state index >= 15 is 0 Å². The fourth-order valence-electron chi connectivity index (χ4n) is 3.11. The van der Waals surface area contributed by atoms with E-state index in [1.165, 1.54) is 0 Å². The highest BCUT2D eigenvalue weighted by molar-refractivity contribution is 5.95. The van der Waals surface area contributed by atoms with Crippen molar-refractivity contribution in [3.63, 3.8) is 0 Å². The van der Waals surface area contributed by atoms with Gasteiger partial charge in [0.05, 0.1) is 11.9 Å². The van der Waals surface area contributed by atoms with Gasteiger partial charge < -0.3 is 5.73 Å².